The number of rotatable bonds is 1. The van der Waals surface area contributed by atoms with Crippen LogP contribution in [-0.4, -0.2) is 9.78 Å². The zero-order valence-corrected chi connectivity index (χ0v) is 9.33. The normalized spacial score (nSPS) is 10.4. The summed E-state index contributed by atoms with van der Waals surface area (Å²) in [5.41, 5.74) is 0.870. The summed E-state index contributed by atoms with van der Waals surface area (Å²) in [4.78, 5) is 0. The van der Waals surface area contributed by atoms with Gasteiger partial charge in [0, 0.05) is 6.20 Å². The van der Waals surface area contributed by atoms with Gasteiger partial charge in [0.1, 0.15) is 4.64 Å². The Labute approximate surface area is 96.1 Å². The van der Waals surface area contributed by atoms with E-state index in [0.717, 1.165) is 5.69 Å². The molecule has 0 spiro atoms. The van der Waals surface area contributed by atoms with Crippen molar-refractivity contribution in [1.82, 2.24) is 9.78 Å². The van der Waals surface area contributed by atoms with Crippen molar-refractivity contribution in [1.29, 1.82) is 0 Å². The topological polar surface area (TPSA) is 20.7 Å². The summed E-state index contributed by atoms with van der Waals surface area (Å²) in [6.07, 6.45) is 1.77. The second-order valence-corrected chi connectivity index (χ2v) is 3.97. The van der Waals surface area contributed by atoms with Crippen LogP contribution in [0.2, 0.25) is 10.0 Å². The molecule has 0 atom stereocenters. The predicted octanol–water partition coefficient (Wildman–Crippen LogP) is 3.84. The molecule has 0 aliphatic carbocycles. The summed E-state index contributed by atoms with van der Waals surface area (Å²) in [6, 6.07) is 7.15. The standard InChI is InChI=1S/C9H6Cl2N2S/c10-7-2-1-6(5-8(7)11)13-9(14)3-4-12-13/h1-5,12H. The van der Waals surface area contributed by atoms with Crippen molar-refractivity contribution in [2.75, 3.05) is 0 Å². The van der Waals surface area contributed by atoms with Gasteiger partial charge in [-0.05, 0) is 24.3 Å². The number of aromatic nitrogens is 2. The minimum absolute atomic E-state index is 0.515. The first kappa shape index (κ1) is 9.77. The molecule has 0 aliphatic rings. The molecule has 2 aromatic rings. The molecule has 0 saturated heterocycles. The summed E-state index contributed by atoms with van der Waals surface area (Å²) < 4.78 is 2.45. The van der Waals surface area contributed by atoms with Gasteiger partial charge in [-0.1, -0.05) is 35.4 Å². The number of nitrogens with zero attached hydrogens (tertiary/aromatic N) is 1. The van der Waals surface area contributed by atoms with Crippen LogP contribution < -0.4 is 0 Å². The molecular formula is C9H6Cl2N2S. The zero-order valence-electron chi connectivity index (χ0n) is 7.00. The maximum absolute atomic E-state index is 5.89. The molecule has 14 heavy (non-hydrogen) atoms. The van der Waals surface area contributed by atoms with E-state index in [1.165, 1.54) is 0 Å². The van der Waals surface area contributed by atoms with Crippen LogP contribution in [0.1, 0.15) is 0 Å². The van der Waals surface area contributed by atoms with Crippen LogP contribution in [-0.2, 0) is 0 Å². The third kappa shape index (κ3) is 1.71. The molecule has 1 aromatic carbocycles. The third-order valence-electron chi connectivity index (χ3n) is 1.81. The molecule has 1 N–H and O–H groups in total. The first-order chi connectivity index (χ1) is 6.68. The average Bonchev–Trinajstić information content (AvgIpc) is 2.57. The van der Waals surface area contributed by atoms with Crippen molar-refractivity contribution < 1.29 is 0 Å². The van der Waals surface area contributed by atoms with Crippen LogP contribution in [0.3, 0.4) is 0 Å². The lowest BCUT2D eigenvalue weighted by Gasteiger charge is -2.03. The molecule has 72 valence electrons. The number of aromatic amines is 1. The highest BCUT2D eigenvalue weighted by molar-refractivity contribution is 7.71. The van der Waals surface area contributed by atoms with E-state index in [0.29, 0.717) is 14.7 Å². The van der Waals surface area contributed by atoms with Crippen molar-refractivity contribution in [2.45, 2.75) is 0 Å². The minimum Gasteiger partial charge on any atom is -0.300 e. The number of halogens is 2. The lowest BCUT2D eigenvalue weighted by atomic mass is 10.3. The highest BCUT2D eigenvalue weighted by Gasteiger charge is 2.01. The fraction of sp³-hybridized carbons (Fsp3) is 0. The van der Waals surface area contributed by atoms with Gasteiger partial charge in [-0.25, -0.2) is 4.68 Å². The number of nitrogens with one attached hydrogen (secondary N) is 1. The van der Waals surface area contributed by atoms with Crippen LogP contribution in [0.25, 0.3) is 5.69 Å². The Kier molecular flexibility index (Phi) is 2.63. The van der Waals surface area contributed by atoms with Crippen LogP contribution in [0, 0.1) is 4.64 Å². The third-order valence-corrected chi connectivity index (χ3v) is 2.87. The molecule has 0 unspecified atom stereocenters. The number of benzene rings is 1. The maximum Gasteiger partial charge on any atom is 0.127 e. The van der Waals surface area contributed by atoms with E-state index in [4.69, 9.17) is 35.4 Å². The van der Waals surface area contributed by atoms with Crippen LogP contribution in [0.4, 0.5) is 0 Å². The summed E-state index contributed by atoms with van der Waals surface area (Å²) >= 11 is 16.8. The summed E-state index contributed by atoms with van der Waals surface area (Å²) in [6.45, 7) is 0. The molecule has 0 fully saturated rings. The zero-order chi connectivity index (χ0) is 10.1. The van der Waals surface area contributed by atoms with Gasteiger partial charge >= 0.3 is 0 Å². The molecule has 0 saturated carbocycles. The quantitative estimate of drug-likeness (QED) is 0.757. The Morgan fingerprint density at radius 2 is 1.93 bits per heavy atom. The Hall–Kier alpha value is -0.770. The van der Waals surface area contributed by atoms with Gasteiger partial charge in [0.25, 0.3) is 0 Å². The first-order valence-electron chi connectivity index (χ1n) is 3.90. The molecule has 2 rings (SSSR count). The van der Waals surface area contributed by atoms with Gasteiger partial charge in [-0.3, -0.25) is 0 Å². The number of hydrogen-bond donors (Lipinski definition) is 1. The van der Waals surface area contributed by atoms with E-state index < -0.39 is 0 Å². The van der Waals surface area contributed by atoms with Crippen LogP contribution in [0.5, 0.6) is 0 Å². The van der Waals surface area contributed by atoms with Crippen molar-refractivity contribution in [3.05, 3.63) is 45.1 Å². The predicted molar refractivity (Wildman–Crippen MR) is 61.0 cm³/mol. The molecule has 0 aliphatic heterocycles. The highest BCUT2D eigenvalue weighted by atomic mass is 35.5. The molecule has 1 heterocycles. The van der Waals surface area contributed by atoms with Crippen molar-refractivity contribution in [3.63, 3.8) is 0 Å². The van der Waals surface area contributed by atoms with E-state index >= 15 is 0 Å². The minimum atomic E-state index is 0.515. The molecule has 0 amide bonds. The average molecular weight is 245 g/mol. The molecular weight excluding hydrogens is 239 g/mol. The fourth-order valence-corrected chi connectivity index (χ4v) is 1.67. The van der Waals surface area contributed by atoms with Crippen LogP contribution >= 0.6 is 35.4 Å². The van der Waals surface area contributed by atoms with Crippen molar-refractivity contribution in [2.24, 2.45) is 0 Å². The summed E-state index contributed by atoms with van der Waals surface area (Å²) in [5.74, 6) is 0. The first-order valence-corrected chi connectivity index (χ1v) is 5.07. The van der Waals surface area contributed by atoms with E-state index in [1.807, 2.05) is 6.07 Å². The van der Waals surface area contributed by atoms with E-state index in [9.17, 15) is 0 Å². The van der Waals surface area contributed by atoms with Crippen molar-refractivity contribution >= 4 is 35.4 Å². The Bertz CT molecular complexity index is 516. The lowest BCUT2D eigenvalue weighted by molar-refractivity contribution is 0.869. The molecule has 0 radical (unpaired) electrons. The number of hydrogen-bond acceptors (Lipinski definition) is 1. The second kappa shape index (κ2) is 3.77. The summed E-state index contributed by atoms with van der Waals surface area (Å²) in [7, 11) is 0. The molecule has 5 heteroatoms. The molecule has 0 bridgehead atoms. The van der Waals surface area contributed by atoms with Gasteiger partial charge < -0.3 is 5.10 Å². The van der Waals surface area contributed by atoms with Gasteiger partial charge in [-0.2, -0.15) is 0 Å². The van der Waals surface area contributed by atoms with E-state index in [2.05, 4.69) is 5.10 Å². The Morgan fingerprint density at radius 3 is 2.50 bits per heavy atom. The largest absolute Gasteiger partial charge is 0.300 e. The number of H-pyrrole nitrogens is 1. The fourth-order valence-electron chi connectivity index (χ4n) is 1.15. The van der Waals surface area contributed by atoms with Gasteiger partial charge in [-0.15, -0.1) is 0 Å². The Morgan fingerprint density at radius 1 is 1.14 bits per heavy atom. The lowest BCUT2D eigenvalue weighted by Crippen LogP contribution is -1.95. The van der Waals surface area contributed by atoms with Gasteiger partial charge in [0.2, 0.25) is 0 Å². The van der Waals surface area contributed by atoms with Crippen molar-refractivity contribution in [3.8, 4) is 5.69 Å². The van der Waals surface area contributed by atoms with Gasteiger partial charge in [0.05, 0.1) is 15.7 Å². The summed E-state index contributed by atoms with van der Waals surface area (Å²) in [5, 5.41) is 4.03. The Balaban J connectivity index is 2.59. The molecule has 1 aromatic heterocycles. The van der Waals surface area contributed by atoms with E-state index in [1.54, 1.807) is 29.1 Å². The smallest absolute Gasteiger partial charge is 0.127 e. The SMILES string of the molecule is S=c1cc[nH]n1-c1ccc(Cl)c(Cl)c1. The van der Waals surface area contributed by atoms with E-state index in [-0.39, 0.29) is 0 Å². The maximum atomic E-state index is 5.89. The molecule has 2 nitrogen and oxygen atoms in total. The highest BCUT2D eigenvalue weighted by Crippen LogP contribution is 2.24. The monoisotopic (exact) mass is 244 g/mol. The second-order valence-electron chi connectivity index (χ2n) is 2.73. The van der Waals surface area contributed by atoms with Gasteiger partial charge in [0.15, 0.2) is 0 Å². The van der Waals surface area contributed by atoms with Crippen LogP contribution in [0.15, 0.2) is 30.5 Å².